The second-order valence-corrected chi connectivity index (χ2v) is 7.99. The minimum absolute atomic E-state index is 0.0319. The summed E-state index contributed by atoms with van der Waals surface area (Å²) in [6.45, 7) is 1.70. The molecule has 2 aromatic rings. The van der Waals surface area contributed by atoms with E-state index in [-0.39, 0.29) is 17.9 Å². The normalized spacial score (nSPS) is 20.3. The van der Waals surface area contributed by atoms with Crippen LogP contribution in [-0.4, -0.2) is 37.0 Å². The predicted molar refractivity (Wildman–Crippen MR) is 107 cm³/mol. The molecule has 0 aromatic heterocycles. The lowest BCUT2D eigenvalue weighted by Crippen LogP contribution is -2.49. The first-order valence-corrected chi connectivity index (χ1v) is 9.70. The van der Waals surface area contributed by atoms with Crippen molar-refractivity contribution in [3.63, 3.8) is 0 Å². The minimum Gasteiger partial charge on any atom is -0.338 e. The monoisotopic (exact) mass is 440 g/mol. The molecule has 1 aliphatic rings. The Morgan fingerprint density at radius 2 is 1.88 bits per heavy atom. The van der Waals surface area contributed by atoms with Gasteiger partial charge in [0.15, 0.2) is 0 Å². The van der Waals surface area contributed by atoms with Crippen molar-refractivity contribution in [1.29, 1.82) is 0 Å². The van der Waals surface area contributed by atoms with Crippen LogP contribution in [0.5, 0.6) is 0 Å². The van der Waals surface area contributed by atoms with Crippen LogP contribution >= 0.6 is 39.1 Å². The Bertz CT molecular complexity index is 767. The molecule has 2 aromatic carbocycles. The van der Waals surface area contributed by atoms with Gasteiger partial charge in [-0.05, 0) is 54.9 Å². The quantitative estimate of drug-likeness (QED) is 0.728. The van der Waals surface area contributed by atoms with Crippen molar-refractivity contribution in [2.24, 2.45) is 0 Å². The fraction of sp³-hybridized carbons (Fsp3) is 0.316. The number of rotatable bonds is 3. The number of nitrogens with zero attached hydrogens (tertiary/aromatic N) is 1. The fourth-order valence-electron chi connectivity index (χ4n) is 3.34. The number of carbonyl (C=O) groups excluding carboxylic acids is 1. The van der Waals surface area contributed by atoms with E-state index in [4.69, 9.17) is 23.2 Å². The highest BCUT2D eigenvalue weighted by Gasteiger charge is 2.32. The van der Waals surface area contributed by atoms with E-state index >= 15 is 0 Å². The molecule has 132 valence electrons. The molecule has 1 heterocycles. The number of piperidine rings is 1. The van der Waals surface area contributed by atoms with Crippen LogP contribution in [0.2, 0.25) is 10.0 Å². The van der Waals surface area contributed by atoms with Gasteiger partial charge in [0.1, 0.15) is 0 Å². The zero-order chi connectivity index (χ0) is 18.0. The first kappa shape index (κ1) is 18.7. The first-order chi connectivity index (χ1) is 12.0. The summed E-state index contributed by atoms with van der Waals surface area (Å²) in [5.41, 5.74) is 1.79. The highest BCUT2D eigenvalue weighted by atomic mass is 79.9. The number of halogens is 3. The van der Waals surface area contributed by atoms with Gasteiger partial charge < -0.3 is 10.2 Å². The molecular formula is C19H19BrCl2N2O. The molecule has 0 saturated carbocycles. The van der Waals surface area contributed by atoms with Gasteiger partial charge in [-0.25, -0.2) is 0 Å². The Morgan fingerprint density at radius 3 is 2.56 bits per heavy atom. The van der Waals surface area contributed by atoms with Crippen LogP contribution in [0.15, 0.2) is 46.9 Å². The SMILES string of the molecule is CN(C(=O)c1ccc(Br)cc1)C1CCNCC1c1ccc(Cl)c(Cl)c1. The molecule has 2 unspecified atom stereocenters. The Labute approximate surface area is 166 Å². The molecule has 2 atom stereocenters. The number of nitrogens with one attached hydrogen (secondary N) is 1. The maximum atomic E-state index is 12.9. The zero-order valence-electron chi connectivity index (χ0n) is 13.8. The Hall–Kier alpha value is -1.07. The molecule has 3 nitrogen and oxygen atoms in total. The van der Waals surface area contributed by atoms with E-state index < -0.39 is 0 Å². The van der Waals surface area contributed by atoms with Crippen molar-refractivity contribution in [3.05, 3.63) is 68.1 Å². The van der Waals surface area contributed by atoms with Crippen molar-refractivity contribution < 1.29 is 4.79 Å². The first-order valence-electron chi connectivity index (χ1n) is 8.16. The van der Waals surface area contributed by atoms with Crippen molar-refractivity contribution in [1.82, 2.24) is 10.2 Å². The van der Waals surface area contributed by atoms with Crippen molar-refractivity contribution in [3.8, 4) is 0 Å². The molecule has 25 heavy (non-hydrogen) atoms. The molecule has 0 spiro atoms. The number of amides is 1. The second kappa shape index (κ2) is 8.09. The molecule has 1 amide bonds. The number of likely N-dealkylation sites (N-methyl/N-ethyl adjacent to an activating group) is 1. The third-order valence-corrected chi connectivity index (χ3v) is 5.99. The van der Waals surface area contributed by atoms with Crippen LogP contribution in [0.25, 0.3) is 0 Å². The highest BCUT2D eigenvalue weighted by Crippen LogP contribution is 2.32. The van der Waals surface area contributed by atoms with E-state index in [0.29, 0.717) is 15.6 Å². The summed E-state index contributed by atoms with van der Waals surface area (Å²) in [5, 5.41) is 4.51. The molecule has 0 aliphatic carbocycles. The van der Waals surface area contributed by atoms with Crippen LogP contribution in [0.3, 0.4) is 0 Å². The summed E-state index contributed by atoms with van der Waals surface area (Å²) >= 11 is 15.6. The molecule has 1 N–H and O–H groups in total. The standard InChI is InChI=1S/C19H19BrCl2N2O/c1-24(19(25)12-2-5-14(20)6-3-12)18-8-9-23-11-15(18)13-4-7-16(21)17(22)10-13/h2-7,10,15,18,23H,8-9,11H2,1H3. The molecule has 1 saturated heterocycles. The van der Waals surface area contributed by atoms with E-state index in [9.17, 15) is 4.79 Å². The summed E-state index contributed by atoms with van der Waals surface area (Å²) in [6, 6.07) is 13.3. The maximum Gasteiger partial charge on any atom is 0.253 e. The highest BCUT2D eigenvalue weighted by molar-refractivity contribution is 9.10. The fourth-order valence-corrected chi connectivity index (χ4v) is 3.91. The van der Waals surface area contributed by atoms with Crippen molar-refractivity contribution >= 4 is 45.0 Å². The van der Waals surface area contributed by atoms with Gasteiger partial charge in [0.2, 0.25) is 0 Å². The largest absolute Gasteiger partial charge is 0.338 e. The lowest BCUT2D eigenvalue weighted by atomic mass is 9.85. The number of benzene rings is 2. The summed E-state index contributed by atoms with van der Waals surface area (Å²) in [4.78, 5) is 14.8. The molecule has 0 bridgehead atoms. The summed E-state index contributed by atoms with van der Waals surface area (Å²) in [5.74, 6) is 0.206. The van der Waals surface area contributed by atoms with E-state index in [0.717, 1.165) is 29.5 Å². The minimum atomic E-state index is 0.0319. The number of hydrogen-bond donors (Lipinski definition) is 1. The lowest BCUT2D eigenvalue weighted by Gasteiger charge is -2.39. The molecule has 6 heteroatoms. The molecule has 1 aliphatic heterocycles. The van der Waals surface area contributed by atoms with Gasteiger partial charge in [-0.3, -0.25) is 4.79 Å². The van der Waals surface area contributed by atoms with Crippen LogP contribution in [0, 0.1) is 0 Å². The van der Waals surface area contributed by atoms with Crippen LogP contribution < -0.4 is 5.32 Å². The number of hydrogen-bond acceptors (Lipinski definition) is 2. The summed E-state index contributed by atoms with van der Waals surface area (Å²) in [7, 11) is 1.88. The predicted octanol–water partition coefficient (Wildman–Crippen LogP) is 4.97. The van der Waals surface area contributed by atoms with Crippen LogP contribution in [-0.2, 0) is 0 Å². The van der Waals surface area contributed by atoms with E-state index in [1.807, 2.05) is 54.4 Å². The number of carbonyl (C=O) groups is 1. The van der Waals surface area contributed by atoms with E-state index in [1.165, 1.54) is 0 Å². The Morgan fingerprint density at radius 1 is 1.16 bits per heavy atom. The zero-order valence-corrected chi connectivity index (χ0v) is 16.9. The van der Waals surface area contributed by atoms with Crippen LogP contribution in [0.1, 0.15) is 28.3 Å². The third-order valence-electron chi connectivity index (χ3n) is 4.73. The lowest BCUT2D eigenvalue weighted by molar-refractivity contribution is 0.0679. The topological polar surface area (TPSA) is 32.3 Å². The van der Waals surface area contributed by atoms with Gasteiger partial charge >= 0.3 is 0 Å². The van der Waals surface area contributed by atoms with E-state index in [1.54, 1.807) is 0 Å². The Kier molecular flexibility index (Phi) is 6.05. The molecular weight excluding hydrogens is 423 g/mol. The van der Waals surface area contributed by atoms with Gasteiger partial charge in [0.25, 0.3) is 5.91 Å². The van der Waals surface area contributed by atoms with Gasteiger partial charge in [-0.2, -0.15) is 0 Å². The average molecular weight is 442 g/mol. The summed E-state index contributed by atoms with van der Waals surface area (Å²) < 4.78 is 0.960. The molecule has 3 rings (SSSR count). The Balaban J connectivity index is 1.85. The second-order valence-electron chi connectivity index (χ2n) is 6.26. The molecule has 0 radical (unpaired) electrons. The van der Waals surface area contributed by atoms with Crippen molar-refractivity contribution in [2.75, 3.05) is 20.1 Å². The third kappa shape index (κ3) is 4.20. The van der Waals surface area contributed by atoms with E-state index in [2.05, 4.69) is 21.2 Å². The van der Waals surface area contributed by atoms with Gasteiger partial charge in [-0.15, -0.1) is 0 Å². The van der Waals surface area contributed by atoms with Gasteiger partial charge in [-0.1, -0.05) is 45.2 Å². The van der Waals surface area contributed by atoms with Crippen LogP contribution in [0.4, 0.5) is 0 Å². The van der Waals surface area contributed by atoms with Crippen molar-refractivity contribution in [2.45, 2.75) is 18.4 Å². The average Bonchev–Trinajstić information content (AvgIpc) is 2.63. The molecule has 1 fully saturated rings. The maximum absolute atomic E-state index is 12.9. The smallest absolute Gasteiger partial charge is 0.253 e. The van der Waals surface area contributed by atoms with Gasteiger partial charge in [0, 0.05) is 35.6 Å². The summed E-state index contributed by atoms with van der Waals surface area (Å²) in [6.07, 6.45) is 0.893. The van der Waals surface area contributed by atoms with Gasteiger partial charge in [0.05, 0.1) is 10.0 Å².